The Balaban J connectivity index is 1.87. The molecule has 0 saturated heterocycles. The van der Waals surface area contributed by atoms with Crippen LogP contribution in [0.4, 0.5) is 0 Å². The van der Waals surface area contributed by atoms with Crippen molar-refractivity contribution in [3.8, 4) is 0 Å². The lowest BCUT2D eigenvalue weighted by atomic mass is 9.82. The van der Waals surface area contributed by atoms with Gasteiger partial charge in [0.1, 0.15) is 0 Å². The highest BCUT2D eigenvalue weighted by molar-refractivity contribution is 9.11. The number of carbonyl (C=O) groups excluding carboxylic acids is 1. The molecule has 0 unspecified atom stereocenters. The largest absolute Gasteiger partial charge is 0.338 e. The molecule has 1 aliphatic heterocycles. The van der Waals surface area contributed by atoms with Gasteiger partial charge in [0.25, 0.3) is 0 Å². The second-order valence-electron chi connectivity index (χ2n) is 6.82. The van der Waals surface area contributed by atoms with E-state index in [1.54, 1.807) is 11.3 Å². The van der Waals surface area contributed by atoms with Crippen molar-refractivity contribution in [3.63, 3.8) is 0 Å². The Bertz CT molecular complexity index is 735. The Morgan fingerprint density at radius 1 is 1.30 bits per heavy atom. The molecule has 3 rings (SSSR count). The number of halogens is 1. The van der Waals surface area contributed by atoms with Crippen LogP contribution < -0.4 is 0 Å². The third-order valence-electron chi connectivity index (χ3n) is 4.62. The number of nitrogens with zero attached hydrogens (tertiary/aromatic N) is 1. The fraction of sp³-hybridized carbons (Fsp3) is 0.421. The third kappa shape index (κ3) is 3.38. The molecule has 1 aromatic heterocycles. The molecule has 4 heteroatoms. The van der Waals surface area contributed by atoms with E-state index in [0.717, 1.165) is 35.3 Å². The first-order chi connectivity index (χ1) is 10.9. The van der Waals surface area contributed by atoms with Crippen molar-refractivity contribution in [2.45, 2.75) is 45.6 Å². The molecule has 2 nitrogen and oxygen atoms in total. The number of amides is 1. The minimum atomic E-state index is -0.496. The number of hydrogen-bond donors (Lipinski definition) is 0. The highest BCUT2D eigenvalue weighted by atomic mass is 79.9. The number of rotatable bonds is 2. The molecule has 1 aliphatic rings. The van der Waals surface area contributed by atoms with Crippen molar-refractivity contribution in [2.75, 3.05) is 6.54 Å². The first kappa shape index (κ1) is 16.7. The normalized spacial score (nSPS) is 15.2. The second kappa shape index (κ2) is 6.40. The van der Waals surface area contributed by atoms with Crippen molar-refractivity contribution in [3.05, 3.63) is 55.7 Å². The first-order valence-corrected chi connectivity index (χ1v) is 9.62. The van der Waals surface area contributed by atoms with E-state index in [1.807, 2.05) is 24.8 Å². The summed E-state index contributed by atoms with van der Waals surface area (Å²) in [4.78, 5) is 16.7. The van der Waals surface area contributed by atoms with Crippen LogP contribution in [0.5, 0.6) is 0 Å². The van der Waals surface area contributed by atoms with Crippen LogP contribution in [0.25, 0.3) is 0 Å². The topological polar surface area (TPSA) is 20.3 Å². The Morgan fingerprint density at radius 2 is 2.09 bits per heavy atom. The van der Waals surface area contributed by atoms with Crippen molar-refractivity contribution in [2.24, 2.45) is 0 Å². The number of fused-ring (bicyclic) bond motifs is 1. The molecule has 0 spiro atoms. The number of carbonyl (C=O) groups is 1. The van der Waals surface area contributed by atoms with Gasteiger partial charge in [-0.15, -0.1) is 11.3 Å². The standard InChI is InChI=1S/C19H22BrNOS/c1-13-6-4-7-15(10-13)19(2,3)18(22)21-9-5-8-16-14(12-21)11-17(20)23-16/h4,6-7,10-11H,5,8-9,12H2,1-3H3. The molecule has 23 heavy (non-hydrogen) atoms. The van der Waals surface area contributed by atoms with E-state index in [1.165, 1.54) is 16.0 Å². The van der Waals surface area contributed by atoms with Crippen LogP contribution in [0.1, 0.15) is 41.8 Å². The molecule has 0 radical (unpaired) electrons. The van der Waals surface area contributed by atoms with Crippen LogP contribution in [0.2, 0.25) is 0 Å². The van der Waals surface area contributed by atoms with E-state index in [4.69, 9.17) is 0 Å². The molecule has 0 N–H and O–H groups in total. The van der Waals surface area contributed by atoms with Gasteiger partial charge in [-0.05, 0) is 66.7 Å². The summed E-state index contributed by atoms with van der Waals surface area (Å²) in [5.74, 6) is 0.221. The molecular weight excluding hydrogens is 370 g/mol. The summed E-state index contributed by atoms with van der Waals surface area (Å²) in [5, 5.41) is 0. The summed E-state index contributed by atoms with van der Waals surface area (Å²) in [6.45, 7) is 7.72. The molecule has 122 valence electrons. The van der Waals surface area contributed by atoms with Crippen LogP contribution in [0, 0.1) is 6.92 Å². The number of benzene rings is 1. The van der Waals surface area contributed by atoms with Crippen LogP contribution in [0.15, 0.2) is 34.1 Å². The van der Waals surface area contributed by atoms with Gasteiger partial charge in [-0.3, -0.25) is 4.79 Å². The van der Waals surface area contributed by atoms with E-state index in [9.17, 15) is 4.79 Å². The summed E-state index contributed by atoms with van der Waals surface area (Å²) in [6.07, 6.45) is 2.11. The van der Waals surface area contributed by atoms with Gasteiger partial charge in [-0.25, -0.2) is 0 Å². The Morgan fingerprint density at radius 3 is 2.83 bits per heavy atom. The minimum Gasteiger partial charge on any atom is -0.338 e. The van der Waals surface area contributed by atoms with Gasteiger partial charge in [0, 0.05) is 18.0 Å². The average molecular weight is 392 g/mol. The highest BCUT2D eigenvalue weighted by Crippen LogP contribution is 2.33. The minimum absolute atomic E-state index is 0.221. The maximum Gasteiger partial charge on any atom is 0.232 e. The van der Waals surface area contributed by atoms with Gasteiger partial charge in [0.2, 0.25) is 5.91 Å². The molecule has 0 atom stereocenters. The quantitative estimate of drug-likeness (QED) is 0.699. The van der Waals surface area contributed by atoms with Gasteiger partial charge in [0.05, 0.1) is 9.20 Å². The van der Waals surface area contributed by atoms with Crippen molar-refractivity contribution >= 4 is 33.2 Å². The summed E-state index contributed by atoms with van der Waals surface area (Å²) in [6, 6.07) is 10.5. The third-order valence-corrected chi connectivity index (χ3v) is 6.36. The van der Waals surface area contributed by atoms with Crippen LogP contribution in [0.3, 0.4) is 0 Å². The van der Waals surface area contributed by atoms with Gasteiger partial charge in [-0.1, -0.05) is 29.8 Å². The zero-order valence-corrected chi connectivity index (χ0v) is 16.3. The Labute approximate surface area is 150 Å². The van der Waals surface area contributed by atoms with E-state index in [0.29, 0.717) is 0 Å². The Kier molecular flexibility index (Phi) is 4.65. The zero-order chi connectivity index (χ0) is 16.6. The molecule has 2 aromatic rings. The number of thiophene rings is 1. The fourth-order valence-electron chi connectivity index (χ4n) is 3.22. The van der Waals surface area contributed by atoms with Gasteiger partial charge in [-0.2, -0.15) is 0 Å². The smallest absolute Gasteiger partial charge is 0.232 e. The predicted molar refractivity (Wildman–Crippen MR) is 100.0 cm³/mol. The van der Waals surface area contributed by atoms with Gasteiger partial charge < -0.3 is 4.90 Å². The van der Waals surface area contributed by atoms with E-state index >= 15 is 0 Å². The number of aryl methyl sites for hydroxylation is 2. The summed E-state index contributed by atoms with van der Waals surface area (Å²) in [7, 11) is 0. The lowest BCUT2D eigenvalue weighted by Crippen LogP contribution is -2.43. The summed E-state index contributed by atoms with van der Waals surface area (Å²) >= 11 is 5.38. The average Bonchev–Trinajstić information content (AvgIpc) is 2.73. The summed E-state index contributed by atoms with van der Waals surface area (Å²) in [5.41, 5.74) is 3.10. The van der Waals surface area contributed by atoms with E-state index in [-0.39, 0.29) is 5.91 Å². The van der Waals surface area contributed by atoms with Gasteiger partial charge >= 0.3 is 0 Å². The number of hydrogen-bond acceptors (Lipinski definition) is 2. The molecule has 0 bridgehead atoms. The van der Waals surface area contributed by atoms with Crippen LogP contribution in [-0.4, -0.2) is 17.4 Å². The van der Waals surface area contributed by atoms with Crippen LogP contribution in [-0.2, 0) is 23.2 Å². The van der Waals surface area contributed by atoms with E-state index in [2.05, 4.69) is 47.1 Å². The van der Waals surface area contributed by atoms with Crippen molar-refractivity contribution < 1.29 is 4.79 Å². The first-order valence-electron chi connectivity index (χ1n) is 8.01. The predicted octanol–water partition coefficient (Wildman–Crippen LogP) is 5.07. The molecule has 0 aliphatic carbocycles. The molecule has 1 amide bonds. The SMILES string of the molecule is Cc1cccc(C(C)(C)C(=O)N2CCCc3sc(Br)cc3C2)c1. The molecule has 0 fully saturated rings. The van der Waals surface area contributed by atoms with Crippen molar-refractivity contribution in [1.82, 2.24) is 4.90 Å². The molecular formula is C19H22BrNOS. The highest BCUT2D eigenvalue weighted by Gasteiger charge is 2.34. The lowest BCUT2D eigenvalue weighted by Gasteiger charge is -2.32. The van der Waals surface area contributed by atoms with Crippen LogP contribution >= 0.6 is 27.3 Å². The molecule has 0 saturated carbocycles. The van der Waals surface area contributed by atoms with Crippen molar-refractivity contribution in [1.29, 1.82) is 0 Å². The second-order valence-corrected chi connectivity index (χ2v) is 9.34. The summed E-state index contributed by atoms with van der Waals surface area (Å²) < 4.78 is 1.16. The fourth-order valence-corrected chi connectivity index (χ4v) is 5.02. The van der Waals surface area contributed by atoms with Gasteiger partial charge in [0.15, 0.2) is 0 Å². The molecule has 1 aromatic carbocycles. The lowest BCUT2D eigenvalue weighted by molar-refractivity contribution is -0.136. The molecule has 2 heterocycles. The maximum atomic E-state index is 13.2. The monoisotopic (exact) mass is 391 g/mol. The Hall–Kier alpha value is -1.13. The van der Waals surface area contributed by atoms with E-state index < -0.39 is 5.41 Å². The maximum absolute atomic E-state index is 13.2. The zero-order valence-electron chi connectivity index (χ0n) is 13.9.